The van der Waals surface area contributed by atoms with E-state index in [0.717, 1.165) is 18.6 Å². The van der Waals surface area contributed by atoms with Gasteiger partial charge in [0.2, 0.25) is 5.91 Å². The van der Waals surface area contributed by atoms with Gasteiger partial charge in [0.1, 0.15) is 12.3 Å². The van der Waals surface area contributed by atoms with Gasteiger partial charge in [0.05, 0.1) is 12.8 Å². The molecule has 6 nitrogen and oxygen atoms in total. The van der Waals surface area contributed by atoms with Crippen LogP contribution in [0.1, 0.15) is 18.6 Å². The maximum Gasteiger partial charge on any atom is 0.243 e. The van der Waals surface area contributed by atoms with Gasteiger partial charge in [-0.1, -0.05) is 0 Å². The van der Waals surface area contributed by atoms with Crippen LogP contribution in [0.25, 0.3) is 0 Å². The van der Waals surface area contributed by atoms with Gasteiger partial charge in [-0.05, 0) is 25.0 Å². The van der Waals surface area contributed by atoms with Gasteiger partial charge in [0.15, 0.2) is 5.96 Å². The van der Waals surface area contributed by atoms with Crippen LogP contribution in [0, 0.1) is 0 Å². The largest absolute Gasteiger partial charge is 0.467 e. The molecule has 0 unspecified atom stereocenters. The number of nitrogens with zero attached hydrogens (tertiary/aromatic N) is 2. The molecular formula is C13H21IN4O2. The number of hydrogen-bond acceptors (Lipinski definition) is 3. The number of carbonyl (C=O) groups is 1. The number of halogens is 1. The first-order chi connectivity index (χ1) is 9.15. The number of likely N-dealkylation sites (N-methyl/N-ethyl adjacent to an activating group) is 1. The van der Waals surface area contributed by atoms with Gasteiger partial charge < -0.3 is 20.0 Å². The van der Waals surface area contributed by atoms with E-state index in [4.69, 9.17) is 4.42 Å². The number of hydrogen-bond donors (Lipinski definition) is 2. The van der Waals surface area contributed by atoms with Crippen molar-refractivity contribution in [3.8, 4) is 0 Å². The summed E-state index contributed by atoms with van der Waals surface area (Å²) in [7, 11) is 3.45. The summed E-state index contributed by atoms with van der Waals surface area (Å²) < 4.78 is 5.25. The summed E-state index contributed by atoms with van der Waals surface area (Å²) in [6, 6.07) is 4.22. The van der Waals surface area contributed by atoms with Crippen LogP contribution in [0.2, 0.25) is 0 Å². The van der Waals surface area contributed by atoms with E-state index >= 15 is 0 Å². The number of aliphatic imine (C=N–C) groups is 1. The highest BCUT2D eigenvalue weighted by Crippen LogP contribution is 2.18. The van der Waals surface area contributed by atoms with Gasteiger partial charge in [0, 0.05) is 20.1 Å². The average Bonchev–Trinajstić information content (AvgIpc) is 3.04. The predicted octanol–water partition coefficient (Wildman–Crippen LogP) is 1.18. The van der Waals surface area contributed by atoms with E-state index in [9.17, 15) is 4.79 Å². The number of nitrogens with one attached hydrogen (secondary N) is 2. The lowest BCUT2D eigenvalue weighted by atomic mass is 10.4. The summed E-state index contributed by atoms with van der Waals surface area (Å²) >= 11 is 0. The molecule has 112 valence electrons. The molecule has 2 rings (SSSR count). The molecule has 0 saturated heterocycles. The molecule has 1 fully saturated rings. The van der Waals surface area contributed by atoms with Crippen LogP contribution in [-0.2, 0) is 11.3 Å². The minimum atomic E-state index is -0.0186. The molecule has 0 aromatic carbocycles. The molecule has 1 amide bonds. The molecule has 0 bridgehead atoms. The Bertz CT molecular complexity index is 441. The molecule has 1 aromatic rings. The number of carbonyl (C=O) groups excluding carboxylic acids is 1. The fourth-order valence-electron chi connectivity index (χ4n) is 1.45. The van der Waals surface area contributed by atoms with Gasteiger partial charge in [0.25, 0.3) is 0 Å². The SMILES string of the molecule is CN(C)C(=O)CN=C(NCc1ccco1)NC1CC1.I. The third kappa shape index (κ3) is 5.81. The molecule has 1 aliphatic rings. The van der Waals surface area contributed by atoms with E-state index in [1.165, 1.54) is 4.90 Å². The molecule has 0 spiro atoms. The topological polar surface area (TPSA) is 69.9 Å². The molecule has 1 heterocycles. The van der Waals surface area contributed by atoms with E-state index in [1.54, 1.807) is 20.4 Å². The molecule has 20 heavy (non-hydrogen) atoms. The Morgan fingerprint density at radius 1 is 1.50 bits per heavy atom. The van der Waals surface area contributed by atoms with Crippen LogP contribution in [0.4, 0.5) is 0 Å². The van der Waals surface area contributed by atoms with E-state index < -0.39 is 0 Å². The molecule has 1 saturated carbocycles. The Morgan fingerprint density at radius 2 is 2.25 bits per heavy atom. The summed E-state index contributed by atoms with van der Waals surface area (Å²) in [6.45, 7) is 0.703. The van der Waals surface area contributed by atoms with Crippen molar-refractivity contribution < 1.29 is 9.21 Å². The second-order valence-corrected chi connectivity index (χ2v) is 4.80. The van der Waals surface area contributed by atoms with E-state index in [1.807, 2.05) is 12.1 Å². The highest BCUT2D eigenvalue weighted by atomic mass is 127. The van der Waals surface area contributed by atoms with Crippen LogP contribution in [0.5, 0.6) is 0 Å². The van der Waals surface area contributed by atoms with Crippen molar-refractivity contribution in [3.63, 3.8) is 0 Å². The van der Waals surface area contributed by atoms with Crippen LogP contribution in [0.3, 0.4) is 0 Å². The predicted molar refractivity (Wildman–Crippen MR) is 88.1 cm³/mol. The monoisotopic (exact) mass is 392 g/mol. The third-order valence-electron chi connectivity index (χ3n) is 2.80. The van der Waals surface area contributed by atoms with E-state index in [-0.39, 0.29) is 36.4 Å². The van der Waals surface area contributed by atoms with Gasteiger partial charge in [-0.15, -0.1) is 24.0 Å². The normalized spacial score (nSPS) is 14.4. The van der Waals surface area contributed by atoms with E-state index in [2.05, 4.69) is 15.6 Å². The lowest BCUT2D eigenvalue weighted by Crippen LogP contribution is -2.39. The zero-order valence-electron chi connectivity index (χ0n) is 11.8. The zero-order valence-corrected chi connectivity index (χ0v) is 14.1. The van der Waals surface area contributed by atoms with Crippen molar-refractivity contribution in [2.45, 2.75) is 25.4 Å². The molecule has 0 aliphatic heterocycles. The summed E-state index contributed by atoms with van der Waals surface area (Å²) in [4.78, 5) is 17.3. The summed E-state index contributed by atoms with van der Waals surface area (Å²) in [5.74, 6) is 1.48. The Morgan fingerprint density at radius 3 is 2.80 bits per heavy atom. The first-order valence-corrected chi connectivity index (χ1v) is 6.42. The van der Waals surface area contributed by atoms with Crippen LogP contribution >= 0.6 is 24.0 Å². The molecule has 0 atom stereocenters. The number of guanidine groups is 1. The van der Waals surface area contributed by atoms with Gasteiger partial charge in [-0.25, -0.2) is 4.99 Å². The minimum absolute atomic E-state index is 0. The van der Waals surface area contributed by atoms with Gasteiger partial charge in [-0.2, -0.15) is 0 Å². The van der Waals surface area contributed by atoms with Crippen LogP contribution in [0.15, 0.2) is 27.8 Å². The Kier molecular flexibility index (Phi) is 6.83. The second kappa shape index (κ2) is 8.13. The fraction of sp³-hybridized carbons (Fsp3) is 0.538. The highest BCUT2D eigenvalue weighted by Gasteiger charge is 2.22. The maximum atomic E-state index is 11.5. The van der Waals surface area contributed by atoms with Crippen molar-refractivity contribution in [2.24, 2.45) is 4.99 Å². The Labute approximate surface area is 136 Å². The Hall–Kier alpha value is -1.25. The molecule has 2 N–H and O–H groups in total. The first kappa shape index (κ1) is 16.8. The lowest BCUT2D eigenvalue weighted by molar-refractivity contribution is -0.127. The standard InChI is InChI=1S/C13H20N4O2.HI/c1-17(2)12(18)9-15-13(16-10-5-6-10)14-8-11-4-3-7-19-11;/h3-4,7,10H,5-6,8-9H2,1-2H3,(H2,14,15,16);1H. The molecule has 0 radical (unpaired) electrons. The van der Waals surface area contributed by atoms with Crippen molar-refractivity contribution in [3.05, 3.63) is 24.2 Å². The van der Waals surface area contributed by atoms with E-state index in [0.29, 0.717) is 18.5 Å². The van der Waals surface area contributed by atoms with Gasteiger partial charge >= 0.3 is 0 Å². The number of furan rings is 1. The average molecular weight is 392 g/mol. The molecular weight excluding hydrogens is 371 g/mol. The smallest absolute Gasteiger partial charge is 0.243 e. The quantitative estimate of drug-likeness (QED) is 0.449. The highest BCUT2D eigenvalue weighted by molar-refractivity contribution is 14.0. The van der Waals surface area contributed by atoms with Crippen molar-refractivity contribution in [2.75, 3.05) is 20.6 Å². The first-order valence-electron chi connectivity index (χ1n) is 6.42. The zero-order chi connectivity index (χ0) is 13.7. The molecule has 1 aliphatic carbocycles. The fourth-order valence-corrected chi connectivity index (χ4v) is 1.45. The second-order valence-electron chi connectivity index (χ2n) is 4.80. The molecule has 1 aromatic heterocycles. The number of rotatable bonds is 5. The van der Waals surface area contributed by atoms with Crippen molar-refractivity contribution in [1.82, 2.24) is 15.5 Å². The third-order valence-corrected chi connectivity index (χ3v) is 2.80. The maximum absolute atomic E-state index is 11.5. The van der Waals surface area contributed by atoms with Crippen LogP contribution < -0.4 is 10.6 Å². The van der Waals surface area contributed by atoms with Crippen molar-refractivity contribution >= 4 is 35.8 Å². The number of amides is 1. The Balaban J connectivity index is 0.00000200. The summed E-state index contributed by atoms with van der Waals surface area (Å²) in [5.41, 5.74) is 0. The minimum Gasteiger partial charge on any atom is -0.467 e. The molecule has 7 heteroatoms. The van der Waals surface area contributed by atoms with Gasteiger partial charge in [-0.3, -0.25) is 4.79 Å². The van der Waals surface area contributed by atoms with Crippen LogP contribution in [-0.4, -0.2) is 43.4 Å². The summed E-state index contributed by atoms with van der Waals surface area (Å²) in [5, 5.41) is 6.44. The lowest BCUT2D eigenvalue weighted by Gasteiger charge is -2.12. The van der Waals surface area contributed by atoms with Crippen molar-refractivity contribution in [1.29, 1.82) is 0 Å². The summed E-state index contributed by atoms with van der Waals surface area (Å²) in [6.07, 6.45) is 3.95.